The number of rotatable bonds is 3. The third-order valence-electron chi connectivity index (χ3n) is 3.49. The van der Waals surface area contributed by atoms with Gasteiger partial charge in [-0.1, -0.05) is 25.1 Å². The summed E-state index contributed by atoms with van der Waals surface area (Å²) < 4.78 is 0. The highest BCUT2D eigenvalue weighted by atomic mass is 15.1. The predicted molar refractivity (Wildman–Crippen MR) is 76.4 cm³/mol. The zero-order valence-electron chi connectivity index (χ0n) is 11.1. The summed E-state index contributed by atoms with van der Waals surface area (Å²) in [4.78, 5) is 11.4. The summed E-state index contributed by atoms with van der Waals surface area (Å²) >= 11 is 0. The van der Waals surface area contributed by atoms with Crippen LogP contribution in [-0.4, -0.2) is 28.0 Å². The maximum absolute atomic E-state index is 4.63. The highest BCUT2D eigenvalue weighted by molar-refractivity contribution is 5.52. The molecule has 98 valence electrons. The van der Waals surface area contributed by atoms with Crippen molar-refractivity contribution in [2.24, 2.45) is 0 Å². The van der Waals surface area contributed by atoms with Gasteiger partial charge < -0.3 is 5.32 Å². The first kappa shape index (κ1) is 12.1. The van der Waals surface area contributed by atoms with Crippen molar-refractivity contribution < 1.29 is 0 Å². The second-order valence-corrected chi connectivity index (χ2v) is 4.78. The summed E-state index contributed by atoms with van der Waals surface area (Å²) in [5.74, 6) is 0.690. The third-order valence-corrected chi connectivity index (χ3v) is 3.49. The zero-order valence-corrected chi connectivity index (χ0v) is 11.1. The number of nitrogens with zero attached hydrogens (tertiary/aromatic N) is 3. The van der Waals surface area contributed by atoms with Crippen molar-refractivity contribution >= 4 is 11.6 Å². The first-order valence-electron chi connectivity index (χ1n) is 6.74. The van der Waals surface area contributed by atoms with Crippen LogP contribution in [0.1, 0.15) is 18.2 Å². The van der Waals surface area contributed by atoms with Crippen molar-refractivity contribution in [3.8, 4) is 0 Å². The molecule has 1 aromatic carbocycles. The Morgan fingerprint density at radius 1 is 1.26 bits per heavy atom. The van der Waals surface area contributed by atoms with E-state index in [4.69, 9.17) is 0 Å². The Kier molecular flexibility index (Phi) is 3.42. The summed E-state index contributed by atoms with van der Waals surface area (Å²) in [5, 5.41) is 3.24. The van der Waals surface area contributed by atoms with Crippen LogP contribution in [-0.2, 0) is 13.0 Å². The molecule has 1 aliphatic heterocycles. The smallest absolute Gasteiger partial charge is 0.227 e. The van der Waals surface area contributed by atoms with Crippen LogP contribution in [0.25, 0.3) is 0 Å². The molecule has 0 amide bonds. The minimum atomic E-state index is 0.690. The van der Waals surface area contributed by atoms with E-state index in [1.807, 2.05) is 36.5 Å². The molecule has 0 saturated heterocycles. The minimum absolute atomic E-state index is 0.690. The van der Waals surface area contributed by atoms with E-state index in [2.05, 4.69) is 27.1 Å². The molecule has 3 rings (SSSR count). The van der Waals surface area contributed by atoms with E-state index < -0.39 is 0 Å². The highest BCUT2D eigenvalue weighted by Gasteiger charge is 2.16. The SMILES string of the molecule is CCN1CCc2nc(Nc3ccccc3)ncc2C1. The van der Waals surface area contributed by atoms with Crippen LogP contribution in [0.4, 0.5) is 11.6 Å². The molecule has 0 bridgehead atoms. The summed E-state index contributed by atoms with van der Waals surface area (Å²) in [7, 11) is 0. The topological polar surface area (TPSA) is 41.1 Å². The standard InChI is InChI=1S/C15H18N4/c1-2-19-9-8-14-12(11-19)10-16-15(18-14)17-13-6-4-3-5-7-13/h3-7,10H,2,8-9,11H2,1H3,(H,16,17,18). The predicted octanol–water partition coefficient (Wildman–Crippen LogP) is 2.60. The van der Waals surface area contributed by atoms with Crippen LogP contribution in [0.5, 0.6) is 0 Å². The molecule has 1 N–H and O–H groups in total. The molecule has 19 heavy (non-hydrogen) atoms. The molecule has 0 fully saturated rings. The molecule has 4 nitrogen and oxygen atoms in total. The fourth-order valence-corrected chi connectivity index (χ4v) is 2.36. The van der Waals surface area contributed by atoms with Crippen LogP contribution in [0.15, 0.2) is 36.5 Å². The lowest BCUT2D eigenvalue weighted by Crippen LogP contribution is -2.31. The Morgan fingerprint density at radius 3 is 2.89 bits per heavy atom. The van der Waals surface area contributed by atoms with Crippen LogP contribution in [0.2, 0.25) is 0 Å². The number of nitrogens with one attached hydrogen (secondary N) is 1. The van der Waals surface area contributed by atoms with E-state index in [0.717, 1.165) is 31.7 Å². The average Bonchev–Trinajstić information content (AvgIpc) is 2.48. The Hall–Kier alpha value is -1.94. The maximum atomic E-state index is 4.63. The van der Waals surface area contributed by atoms with Crippen LogP contribution in [0.3, 0.4) is 0 Å². The first-order valence-corrected chi connectivity index (χ1v) is 6.74. The minimum Gasteiger partial charge on any atom is -0.324 e. The lowest BCUT2D eigenvalue weighted by molar-refractivity contribution is 0.265. The van der Waals surface area contributed by atoms with Gasteiger partial charge >= 0.3 is 0 Å². The molecule has 0 atom stereocenters. The number of likely N-dealkylation sites (N-methyl/N-ethyl adjacent to an activating group) is 1. The summed E-state index contributed by atoms with van der Waals surface area (Å²) in [6.07, 6.45) is 2.96. The number of benzene rings is 1. The molecule has 0 unspecified atom stereocenters. The second kappa shape index (κ2) is 5.36. The van der Waals surface area contributed by atoms with Crippen molar-refractivity contribution in [1.82, 2.24) is 14.9 Å². The highest BCUT2D eigenvalue weighted by Crippen LogP contribution is 2.19. The third kappa shape index (κ3) is 2.74. The van der Waals surface area contributed by atoms with Gasteiger partial charge in [-0.15, -0.1) is 0 Å². The molecule has 2 heterocycles. The molecule has 1 aliphatic rings. The van der Waals surface area contributed by atoms with Crippen molar-refractivity contribution in [3.05, 3.63) is 47.8 Å². The van der Waals surface area contributed by atoms with Gasteiger partial charge in [0.2, 0.25) is 5.95 Å². The van der Waals surface area contributed by atoms with E-state index in [0.29, 0.717) is 5.95 Å². The summed E-state index contributed by atoms with van der Waals surface area (Å²) in [6.45, 7) is 5.34. The van der Waals surface area contributed by atoms with Crippen molar-refractivity contribution in [1.29, 1.82) is 0 Å². The number of hydrogen-bond acceptors (Lipinski definition) is 4. The monoisotopic (exact) mass is 254 g/mol. The number of aromatic nitrogens is 2. The molecule has 0 aliphatic carbocycles. The molecule has 1 aromatic heterocycles. The fraction of sp³-hybridized carbons (Fsp3) is 0.333. The van der Waals surface area contributed by atoms with E-state index >= 15 is 0 Å². The van der Waals surface area contributed by atoms with Crippen LogP contribution >= 0.6 is 0 Å². The largest absolute Gasteiger partial charge is 0.324 e. The van der Waals surface area contributed by atoms with Gasteiger partial charge in [-0.2, -0.15) is 0 Å². The number of fused-ring (bicyclic) bond motifs is 1. The Balaban J connectivity index is 1.79. The molecular weight excluding hydrogens is 236 g/mol. The average molecular weight is 254 g/mol. The van der Waals surface area contributed by atoms with Gasteiger partial charge in [0.05, 0.1) is 5.69 Å². The van der Waals surface area contributed by atoms with Gasteiger partial charge in [0.1, 0.15) is 0 Å². The van der Waals surface area contributed by atoms with Gasteiger partial charge in [0.25, 0.3) is 0 Å². The van der Waals surface area contributed by atoms with E-state index in [9.17, 15) is 0 Å². The molecule has 0 saturated carbocycles. The Labute approximate surface area is 113 Å². The first-order chi connectivity index (χ1) is 9.35. The number of hydrogen-bond donors (Lipinski definition) is 1. The molecular formula is C15H18N4. The second-order valence-electron chi connectivity index (χ2n) is 4.78. The quantitative estimate of drug-likeness (QED) is 0.914. The van der Waals surface area contributed by atoms with Gasteiger partial charge in [0, 0.05) is 37.0 Å². The van der Waals surface area contributed by atoms with Gasteiger partial charge in [0.15, 0.2) is 0 Å². The molecule has 4 heteroatoms. The van der Waals surface area contributed by atoms with Crippen LogP contribution < -0.4 is 5.32 Å². The van der Waals surface area contributed by atoms with Gasteiger partial charge in [-0.3, -0.25) is 4.90 Å². The maximum Gasteiger partial charge on any atom is 0.227 e. The molecule has 0 spiro atoms. The number of anilines is 2. The van der Waals surface area contributed by atoms with Crippen molar-refractivity contribution in [2.45, 2.75) is 19.9 Å². The summed E-state index contributed by atoms with van der Waals surface area (Å²) in [6, 6.07) is 10.0. The summed E-state index contributed by atoms with van der Waals surface area (Å²) in [5.41, 5.74) is 3.46. The van der Waals surface area contributed by atoms with Crippen molar-refractivity contribution in [3.63, 3.8) is 0 Å². The molecule has 2 aromatic rings. The Bertz CT molecular complexity index is 553. The lowest BCUT2D eigenvalue weighted by Gasteiger charge is -2.26. The lowest BCUT2D eigenvalue weighted by atomic mass is 10.1. The van der Waals surface area contributed by atoms with Crippen LogP contribution in [0, 0.1) is 0 Å². The van der Waals surface area contributed by atoms with E-state index in [1.165, 1.54) is 11.3 Å². The zero-order chi connectivity index (χ0) is 13.1. The Morgan fingerprint density at radius 2 is 2.11 bits per heavy atom. The van der Waals surface area contributed by atoms with E-state index in [1.54, 1.807) is 0 Å². The molecule has 0 radical (unpaired) electrons. The van der Waals surface area contributed by atoms with E-state index in [-0.39, 0.29) is 0 Å². The fourth-order valence-electron chi connectivity index (χ4n) is 2.36. The van der Waals surface area contributed by atoms with Gasteiger partial charge in [-0.05, 0) is 18.7 Å². The number of para-hydroxylation sites is 1. The van der Waals surface area contributed by atoms with Crippen molar-refractivity contribution in [2.75, 3.05) is 18.4 Å². The normalized spacial score (nSPS) is 15.0. The van der Waals surface area contributed by atoms with Gasteiger partial charge in [-0.25, -0.2) is 9.97 Å².